The van der Waals surface area contributed by atoms with E-state index in [0.29, 0.717) is 88.3 Å². The Bertz CT molecular complexity index is 2310. The molecule has 5 rings (SSSR count). The number of hydrogen-bond donors (Lipinski definition) is 0. The molecule has 0 aliphatic heterocycles. The molecule has 0 fully saturated rings. The number of esters is 2. The molecule has 72 heavy (non-hydrogen) atoms. The maximum atomic E-state index is 13.9. The molecule has 392 valence electrons. The molecule has 8 bridgehead atoms. The fourth-order valence-electron chi connectivity index (χ4n) is 8.51. The van der Waals surface area contributed by atoms with Crippen LogP contribution in [0.15, 0.2) is 72.8 Å². The Morgan fingerprint density at radius 3 is 0.819 bits per heavy atom. The SMILES string of the molecule is C=C(C)C(=O)Oc1c2cc(C(C)(C)C)cc1Cc1cc(C(C)(C)C)cc(c1OCCOCCOC)Cc1cc(C(C)(C)C)cc(c1OC(=O)C(=C)C)Cc1cc(C(C)(C)C)cc(c1OCCOCCOC)C2. The third-order valence-electron chi connectivity index (χ3n) is 12.9. The van der Waals surface area contributed by atoms with Gasteiger partial charge in [-0.2, -0.15) is 0 Å². The van der Waals surface area contributed by atoms with Crippen molar-refractivity contribution in [3.63, 3.8) is 0 Å². The minimum Gasteiger partial charge on any atom is -0.491 e. The van der Waals surface area contributed by atoms with Gasteiger partial charge in [-0.1, -0.05) is 145 Å². The second-order valence-corrected chi connectivity index (χ2v) is 23.4. The van der Waals surface area contributed by atoms with E-state index in [4.69, 9.17) is 37.9 Å². The monoisotopic (exact) mass is 989 g/mol. The number of benzene rings is 4. The van der Waals surface area contributed by atoms with Gasteiger partial charge in [0.2, 0.25) is 0 Å². The maximum Gasteiger partial charge on any atom is 0.338 e. The molecule has 0 radical (unpaired) electrons. The number of rotatable bonds is 18. The Morgan fingerprint density at radius 1 is 0.389 bits per heavy atom. The molecular formula is C62H84O10. The molecule has 0 aromatic heterocycles. The van der Waals surface area contributed by atoms with E-state index in [-0.39, 0.29) is 46.0 Å². The highest BCUT2D eigenvalue weighted by atomic mass is 16.6. The first-order valence-electron chi connectivity index (χ1n) is 25.4. The van der Waals surface area contributed by atoms with Crippen molar-refractivity contribution < 1.29 is 47.5 Å². The molecule has 10 nitrogen and oxygen atoms in total. The topological polar surface area (TPSA) is 108 Å². The molecule has 10 heteroatoms. The maximum absolute atomic E-state index is 13.9. The third kappa shape index (κ3) is 15.4. The van der Waals surface area contributed by atoms with E-state index >= 15 is 0 Å². The van der Waals surface area contributed by atoms with Crippen LogP contribution in [-0.2, 0) is 75.9 Å². The molecule has 1 aliphatic carbocycles. The summed E-state index contributed by atoms with van der Waals surface area (Å²) < 4.78 is 49.4. The summed E-state index contributed by atoms with van der Waals surface area (Å²) in [5.41, 5.74) is 10.7. The summed E-state index contributed by atoms with van der Waals surface area (Å²) in [6.07, 6.45) is 1.42. The summed E-state index contributed by atoms with van der Waals surface area (Å²) in [6.45, 7) is 40.7. The molecule has 4 aromatic rings. The van der Waals surface area contributed by atoms with Gasteiger partial charge in [0.15, 0.2) is 0 Å². The summed E-state index contributed by atoms with van der Waals surface area (Å²) in [7, 11) is 3.30. The minimum atomic E-state index is -0.511. The van der Waals surface area contributed by atoms with Crippen LogP contribution in [0.3, 0.4) is 0 Å². The summed E-state index contributed by atoms with van der Waals surface area (Å²) in [4.78, 5) is 27.9. The second-order valence-electron chi connectivity index (χ2n) is 23.4. The summed E-state index contributed by atoms with van der Waals surface area (Å²) in [6, 6.07) is 17.6. The van der Waals surface area contributed by atoms with E-state index in [1.54, 1.807) is 28.1 Å². The zero-order chi connectivity index (χ0) is 53.3. The van der Waals surface area contributed by atoms with Crippen LogP contribution in [-0.4, -0.2) is 79.0 Å². The third-order valence-corrected chi connectivity index (χ3v) is 12.9. The predicted octanol–water partition coefficient (Wildman–Crippen LogP) is 12.6. The minimum absolute atomic E-state index is 0.263. The largest absolute Gasteiger partial charge is 0.491 e. The second kappa shape index (κ2) is 24.2. The number of hydrogen-bond acceptors (Lipinski definition) is 10. The number of methoxy groups -OCH3 is 2. The zero-order valence-electron chi connectivity index (χ0n) is 46.6. The number of carbonyl (C=O) groups excluding carboxylic acids is 2. The van der Waals surface area contributed by atoms with E-state index < -0.39 is 11.9 Å². The quantitative estimate of drug-likeness (QED) is 0.0364. The standard InChI is InChI=1S/C62H84O10/c1-39(2)57(63)71-55-45-27-41-31-49(59(5,6)7)33-43(53(41)69-25-23-67-21-19-65-17)29-47-37-52(62(14,15)16)38-48(56(47)72-58(64)40(3)4)30-44-34-50(60(8,9)10)32-42(54(44)70-26-24-68-22-20-66-18)28-46(55)36-51(35-45)61(11,12)13/h31-38H,1,3,19-30H2,2,4-18H3. The highest BCUT2D eigenvalue weighted by Gasteiger charge is 2.30. The van der Waals surface area contributed by atoms with Gasteiger partial charge >= 0.3 is 11.9 Å². The van der Waals surface area contributed by atoms with Crippen molar-refractivity contribution in [1.29, 1.82) is 0 Å². The average Bonchev–Trinajstić information content (AvgIpc) is 3.27. The van der Waals surface area contributed by atoms with Crippen LogP contribution in [0.1, 0.15) is 164 Å². The number of fused-ring (bicyclic) bond motifs is 8. The van der Waals surface area contributed by atoms with Crippen LogP contribution in [0.25, 0.3) is 0 Å². The molecule has 0 amide bonds. The zero-order valence-corrected chi connectivity index (χ0v) is 46.6. The predicted molar refractivity (Wildman–Crippen MR) is 289 cm³/mol. The van der Waals surface area contributed by atoms with Crippen LogP contribution in [0.2, 0.25) is 0 Å². The molecule has 1 aliphatic rings. The van der Waals surface area contributed by atoms with Crippen LogP contribution >= 0.6 is 0 Å². The van der Waals surface area contributed by atoms with Crippen molar-refractivity contribution in [3.8, 4) is 23.0 Å². The average molecular weight is 989 g/mol. The van der Waals surface area contributed by atoms with Crippen molar-refractivity contribution in [2.24, 2.45) is 0 Å². The Morgan fingerprint density at radius 2 is 0.611 bits per heavy atom. The Hall–Kier alpha value is -5.26. The molecule has 0 saturated heterocycles. The van der Waals surface area contributed by atoms with Gasteiger partial charge in [-0.15, -0.1) is 0 Å². The van der Waals surface area contributed by atoms with Gasteiger partial charge in [0.05, 0.1) is 39.6 Å². The van der Waals surface area contributed by atoms with Gasteiger partial charge in [-0.05, 0) is 80.0 Å². The number of ether oxygens (including phenoxy) is 8. The summed E-state index contributed by atoms with van der Waals surface area (Å²) >= 11 is 0. The van der Waals surface area contributed by atoms with E-state index in [1.807, 2.05) is 0 Å². The lowest BCUT2D eigenvalue weighted by atomic mass is 9.79. The number of carbonyl (C=O) groups is 2. The van der Waals surface area contributed by atoms with Gasteiger partial charge in [0.1, 0.15) is 36.2 Å². The van der Waals surface area contributed by atoms with Gasteiger partial charge in [0, 0.05) is 73.3 Å². The van der Waals surface area contributed by atoms with Gasteiger partial charge in [-0.25, -0.2) is 9.59 Å². The van der Waals surface area contributed by atoms with Gasteiger partial charge in [-0.3, -0.25) is 0 Å². The molecule has 0 heterocycles. The highest BCUT2D eigenvalue weighted by Crippen LogP contribution is 2.44. The summed E-state index contributed by atoms with van der Waals surface area (Å²) in [5.74, 6) is 1.31. The van der Waals surface area contributed by atoms with Crippen LogP contribution < -0.4 is 18.9 Å². The Balaban J connectivity index is 2.01. The first-order chi connectivity index (χ1) is 33.6. The molecule has 0 N–H and O–H groups in total. The smallest absolute Gasteiger partial charge is 0.338 e. The van der Waals surface area contributed by atoms with Crippen molar-refractivity contribution in [1.82, 2.24) is 0 Å². The molecule has 0 atom stereocenters. The van der Waals surface area contributed by atoms with Crippen LogP contribution in [0.5, 0.6) is 23.0 Å². The van der Waals surface area contributed by atoms with Gasteiger partial charge in [0.25, 0.3) is 0 Å². The first-order valence-corrected chi connectivity index (χ1v) is 25.4. The van der Waals surface area contributed by atoms with Crippen molar-refractivity contribution in [3.05, 3.63) is 140 Å². The molecule has 0 saturated carbocycles. The molecule has 4 aromatic carbocycles. The lowest BCUT2D eigenvalue weighted by Crippen LogP contribution is -2.19. The Kier molecular flexibility index (Phi) is 19.4. The lowest BCUT2D eigenvalue weighted by Gasteiger charge is -2.29. The first kappa shape index (κ1) is 57.6. The van der Waals surface area contributed by atoms with Crippen molar-refractivity contribution >= 4 is 11.9 Å². The van der Waals surface area contributed by atoms with E-state index in [0.717, 1.165) is 66.8 Å². The fourth-order valence-corrected chi connectivity index (χ4v) is 8.51. The van der Waals surface area contributed by atoms with E-state index in [2.05, 4.69) is 145 Å². The highest BCUT2D eigenvalue weighted by molar-refractivity contribution is 5.90. The van der Waals surface area contributed by atoms with E-state index in [9.17, 15) is 9.59 Å². The lowest BCUT2D eigenvalue weighted by molar-refractivity contribution is -0.131. The Labute approximate surface area is 431 Å². The normalized spacial score (nSPS) is 13.1. The van der Waals surface area contributed by atoms with Gasteiger partial charge < -0.3 is 37.9 Å². The van der Waals surface area contributed by atoms with Crippen molar-refractivity contribution in [2.45, 2.75) is 144 Å². The molecule has 0 spiro atoms. The van der Waals surface area contributed by atoms with Crippen LogP contribution in [0.4, 0.5) is 0 Å². The fraction of sp³-hybridized carbons (Fsp3) is 0.516. The van der Waals surface area contributed by atoms with E-state index in [1.165, 1.54) is 0 Å². The summed E-state index contributed by atoms with van der Waals surface area (Å²) in [5, 5.41) is 0. The molecule has 0 unspecified atom stereocenters. The molecular weight excluding hydrogens is 905 g/mol. The van der Waals surface area contributed by atoms with Crippen molar-refractivity contribution in [2.75, 3.05) is 67.1 Å². The van der Waals surface area contributed by atoms with Crippen LogP contribution in [0, 0.1) is 0 Å².